The lowest BCUT2D eigenvalue weighted by Crippen LogP contribution is -2.30. The van der Waals surface area contributed by atoms with Gasteiger partial charge in [0.25, 0.3) is 0 Å². The molecule has 0 saturated carbocycles. The molecule has 0 bridgehead atoms. The number of carbonyl (C=O) groups is 1. The summed E-state index contributed by atoms with van der Waals surface area (Å²) < 4.78 is 12.5. The SMILES string of the molecule is O=C(O)C(O)C1CC=C(F)CC1. The van der Waals surface area contributed by atoms with Crippen LogP contribution in [0.5, 0.6) is 0 Å². The molecular formula is C8H11FO3. The Kier molecular flexibility index (Phi) is 2.81. The van der Waals surface area contributed by atoms with Gasteiger partial charge in [-0.1, -0.05) is 6.08 Å². The van der Waals surface area contributed by atoms with E-state index in [4.69, 9.17) is 10.2 Å². The van der Waals surface area contributed by atoms with Crippen molar-refractivity contribution in [2.75, 3.05) is 0 Å². The Labute approximate surface area is 69.5 Å². The predicted octanol–water partition coefficient (Wildman–Crippen LogP) is 1.09. The smallest absolute Gasteiger partial charge is 0.332 e. The normalized spacial score (nSPS) is 26.2. The van der Waals surface area contributed by atoms with Crippen molar-refractivity contribution in [2.24, 2.45) is 5.92 Å². The number of allylic oxidation sites excluding steroid dienone is 2. The summed E-state index contributed by atoms with van der Waals surface area (Å²) in [6, 6.07) is 0. The fourth-order valence-electron chi connectivity index (χ4n) is 1.31. The van der Waals surface area contributed by atoms with Crippen molar-refractivity contribution >= 4 is 5.97 Å². The molecule has 0 radical (unpaired) electrons. The molecule has 0 aromatic carbocycles. The van der Waals surface area contributed by atoms with E-state index in [2.05, 4.69) is 0 Å². The van der Waals surface area contributed by atoms with Gasteiger partial charge in [-0.25, -0.2) is 9.18 Å². The van der Waals surface area contributed by atoms with E-state index >= 15 is 0 Å². The number of halogens is 1. The van der Waals surface area contributed by atoms with Gasteiger partial charge in [0.2, 0.25) is 0 Å². The number of hydrogen-bond donors (Lipinski definition) is 2. The highest BCUT2D eigenvalue weighted by molar-refractivity contribution is 5.72. The maximum absolute atomic E-state index is 12.5. The molecule has 1 aliphatic rings. The summed E-state index contributed by atoms with van der Waals surface area (Å²) in [7, 11) is 0. The molecule has 0 amide bonds. The van der Waals surface area contributed by atoms with Crippen molar-refractivity contribution in [1.82, 2.24) is 0 Å². The predicted molar refractivity (Wildman–Crippen MR) is 40.2 cm³/mol. The van der Waals surface area contributed by atoms with E-state index in [9.17, 15) is 9.18 Å². The van der Waals surface area contributed by atoms with Crippen LogP contribution < -0.4 is 0 Å². The molecule has 0 spiro atoms. The second-order valence-electron chi connectivity index (χ2n) is 2.97. The molecule has 0 fully saturated rings. The molecule has 2 N–H and O–H groups in total. The van der Waals surface area contributed by atoms with Crippen LogP contribution >= 0.6 is 0 Å². The van der Waals surface area contributed by atoms with Gasteiger partial charge in [-0.3, -0.25) is 0 Å². The molecule has 2 unspecified atom stereocenters. The Bertz CT molecular complexity index is 212. The molecule has 12 heavy (non-hydrogen) atoms. The van der Waals surface area contributed by atoms with Gasteiger partial charge in [0.05, 0.1) is 5.83 Å². The molecule has 0 aromatic rings. The van der Waals surface area contributed by atoms with Crippen molar-refractivity contribution in [3.8, 4) is 0 Å². The van der Waals surface area contributed by atoms with Crippen LogP contribution in [0.25, 0.3) is 0 Å². The third-order valence-corrected chi connectivity index (χ3v) is 2.10. The second kappa shape index (κ2) is 3.67. The zero-order chi connectivity index (χ0) is 9.14. The maximum Gasteiger partial charge on any atom is 0.332 e. The minimum absolute atomic E-state index is 0.205. The van der Waals surface area contributed by atoms with Crippen LogP contribution in [0.3, 0.4) is 0 Å². The number of aliphatic hydroxyl groups is 1. The van der Waals surface area contributed by atoms with E-state index in [-0.39, 0.29) is 18.2 Å². The number of carboxylic acids is 1. The van der Waals surface area contributed by atoms with Crippen LogP contribution in [-0.4, -0.2) is 22.3 Å². The minimum atomic E-state index is -1.35. The van der Waals surface area contributed by atoms with Gasteiger partial charge in [-0.2, -0.15) is 0 Å². The van der Waals surface area contributed by atoms with Crippen molar-refractivity contribution < 1.29 is 19.4 Å². The number of aliphatic hydroxyl groups excluding tert-OH is 1. The molecule has 1 rings (SSSR count). The quantitative estimate of drug-likeness (QED) is 0.658. The average Bonchev–Trinajstić information content (AvgIpc) is 2.04. The van der Waals surface area contributed by atoms with E-state index in [1.54, 1.807) is 0 Å². The Hall–Kier alpha value is -0.900. The van der Waals surface area contributed by atoms with E-state index < -0.39 is 12.1 Å². The fourth-order valence-corrected chi connectivity index (χ4v) is 1.31. The summed E-state index contributed by atoms with van der Waals surface area (Å²) in [4.78, 5) is 10.3. The lowest BCUT2D eigenvalue weighted by Gasteiger charge is -2.21. The summed E-state index contributed by atoms with van der Waals surface area (Å²) in [6.45, 7) is 0. The van der Waals surface area contributed by atoms with Gasteiger partial charge in [-0.15, -0.1) is 0 Å². The van der Waals surface area contributed by atoms with Crippen LogP contribution in [0.4, 0.5) is 4.39 Å². The Morgan fingerprint density at radius 3 is 2.83 bits per heavy atom. The summed E-state index contributed by atoms with van der Waals surface area (Å²) in [6.07, 6.45) is 0.971. The third-order valence-electron chi connectivity index (χ3n) is 2.10. The highest BCUT2D eigenvalue weighted by Crippen LogP contribution is 2.26. The Morgan fingerprint density at radius 1 is 1.75 bits per heavy atom. The van der Waals surface area contributed by atoms with Crippen molar-refractivity contribution in [3.05, 3.63) is 11.9 Å². The summed E-state index contributed by atoms with van der Waals surface area (Å²) in [5.74, 6) is -1.76. The van der Waals surface area contributed by atoms with Crippen LogP contribution in [-0.2, 0) is 4.79 Å². The van der Waals surface area contributed by atoms with Crippen molar-refractivity contribution in [3.63, 3.8) is 0 Å². The molecule has 2 atom stereocenters. The van der Waals surface area contributed by atoms with E-state index in [0.717, 1.165) is 0 Å². The minimum Gasteiger partial charge on any atom is -0.479 e. The summed E-state index contributed by atoms with van der Waals surface area (Å²) in [5, 5.41) is 17.5. The van der Waals surface area contributed by atoms with Crippen LogP contribution in [0, 0.1) is 5.92 Å². The zero-order valence-corrected chi connectivity index (χ0v) is 6.53. The monoisotopic (exact) mass is 174 g/mol. The summed E-state index contributed by atoms with van der Waals surface area (Å²) >= 11 is 0. The summed E-state index contributed by atoms with van der Waals surface area (Å²) in [5.41, 5.74) is 0. The highest BCUT2D eigenvalue weighted by Gasteiger charge is 2.27. The third kappa shape index (κ3) is 2.04. The largest absolute Gasteiger partial charge is 0.479 e. The van der Waals surface area contributed by atoms with Gasteiger partial charge in [0.15, 0.2) is 6.10 Å². The van der Waals surface area contributed by atoms with Crippen LogP contribution in [0.1, 0.15) is 19.3 Å². The standard InChI is InChI=1S/C8H11FO3/c9-6-3-1-5(2-4-6)7(10)8(11)12/h3,5,7,10H,1-2,4H2,(H,11,12). The number of rotatable bonds is 2. The average molecular weight is 174 g/mol. The molecular weight excluding hydrogens is 163 g/mol. The van der Waals surface area contributed by atoms with Gasteiger partial charge in [0, 0.05) is 0 Å². The fraction of sp³-hybridized carbons (Fsp3) is 0.625. The van der Waals surface area contributed by atoms with Crippen LogP contribution in [0.2, 0.25) is 0 Å². The van der Waals surface area contributed by atoms with Gasteiger partial charge < -0.3 is 10.2 Å². The molecule has 0 aromatic heterocycles. The molecule has 68 valence electrons. The zero-order valence-electron chi connectivity index (χ0n) is 6.53. The van der Waals surface area contributed by atoms with E-state index in [1.807, 2.05) is 0 Å². The highest BCUT2D eigenvalue weighted by atomic mass is 19.1. The first-order chi connectivity index (χ1) is 5.61. The molecule has 0 saturated heterocycles. The Balaban J connectivity index is 2.51. The number of aliphatic carboxylic acids is 1. The second-order valence-corrected chi connectivity index (χ2v) is 2.97. The topological polar surface area (TPSA) is 57.5 Å². The molecule has 0 heterocycles. The molecule has 3 nitrogen and oxygen atoms in total. The van der Waals surface area contributed by atoms with Crippen LogP contribution in [0.15, 0.2) is 11.9 Å². The lowest BCUT2D eigenvalue weighted by molar-refractivity contribution is -0.149. The van der Waals surface area contributed by atoms with E-state index in [0.29, 0.717) is 12.8 Å². The van der Waals surface area contributed by atoms with Gasteiger partial charge >= 0.3 is 5.97 Å². The molecule has 4 heteroatoms. The lowest BCUT2D eigenvalue weighted by atomic mass is 9.89. The number of hydrogen-bond acceptors (Lipinski definition) is 2. The maximum atomic E-state index is 12.5. The van der Waals surface area contributed by atoms with Crippen molar-refractivity contribution in [2.45, 2.75) is 25.4 Å². The van der Waals surface area contributed by atoms with E-state index in [1.165, 1.54) is 6.08 Å². The Morgan fingerprint density at radius 2 is 2.42 bits per heavy atom. The first-order valence-corrected chi connectivity index (χ1v) is 3.86. The molecule has 1 aliphatic carbocycles. The first-order valence-electron chi connectivity index (χ1n) is 3.86. The first kappa shape index (κ1) is 9.19. The number of carboxylic acid groups (broad SMARTS) is 1. The van der Waals surface area contributed by atoms with Gasteiger partial charge in [0.1, 0.15) is 0 Å². The van der Waals surface area contributed by atoms with Crippen molar-refractivity contribution in [1.29, 1.82) is 0 Å². The van der Waals surface area contributed by atoms with Gasteiger partial charge in [-0.05, 0) is 25.2 Å². The molecule has 0 aliphatic heterocycles.